The molecule has 0 bridgehead atoms. The van der Waals surface area contributed by atoms with Gasteiger partial charge in [0.15, 0.2) is 10.9 Å². The van der Waals surface area contributed by atoms with Crippen molar-refractivity contribution >= 4 is 28.6 Å². The number of thioether (sulfide) groups is 1. The minimum absolute atomic E-state index is 0.177. The van der Waals surface area contributed by atoms with Crippen LogP contribution in [-0.4, -0.2) is 21.4 Å². The monoisotopic (exact) mass is 369 g/mol. The number of para-hydroxylation sites is 1. The van der Waals surface area contributed by atoms with Crippen LogP contribution in [0.5, 0.6) is 0 Å². The number of carbonyl (C=O) groups excluding carboxylic acids is 1. The molecule has 3 aromatic rings. The van der Waals surface area contributed by atoms with Crippen LogP contribution in [0.4, 0.5) is 0 Å². The maximum absolute atomic E-state index is 12.9. The maximum Gasteiger partial charge on any atom is 0.287 e. The van der Waals surface area contributed by atoms with Crippen LogP contribution in [0.15, 0.2) is 52.3 Å². The highest BCUT2D eigenvalue weighted by Gasteiger charge is 2.26. The molecule has 26 heavy (non-hydrogen) atoms. The van der Waals surface area contributed by atoms with Crippen molar-refractivity contribution in [3.05, 3.63) is 54.0 Å². The van der Waals surface area contributed by atoms with Crippen molar-refractivity contribution in [2.75, 3.05) is 0 Å². The van der Waals surface area contributed by atoms with Gasteiger partial charge in [-0.05, 0) is 32.4 Å². The van der Waals surface area contributed by atoms with Crippen molar-refractivity contribution in [1.29, 1.82) is 0 Å². The first-order valence-corrected chi connectivity index (χ1v) is 9.71. The van der Waals surface area contributed by atoms with E-state index in [2.05, 4.69) is 22.2 Å². The average molecular weight is 369 g/mol. The second kappa shape index (κ2) is 7.91. The van der Waals surface area contributed by atoms with E-state index in [0.717, 1.165) is 29.4 Å². The average Bonchev–Trinajstić information content (AvgIpc) is 2.99. The zero-order chi connectivity index (χ0) is 18.6. The normalized spacial score (nSPS) is 11.7. The van der Waals surface area contributed by atoms with Crippen molar-refractivity contribution in [2.45, 2.75) is 50.1 Å². The van der Waals surface area contributed by atoms with Crippen LogP contribution in [0.3, 0.4) is 0 Å². The molecule has 0 saturated heterocycles. The Balaban J connectivity index is 1.90. The Hall–Kier alpha value is -2.34. The SMILES string of the molecule is CCCC(C)(C)NC(=O)c1oc2ccccc2c1CSc1ncccn1. The largest absolute Gasteiger partial charge is 0.451 e. The molecule has 0 aliphatic carbocycles. The minimum atomic E-state index is -0.280. The molecule has 0 atom stereocenters. The molecule has 136 valence electrons. The molecular formula is C20H23N3O2S. The quantitative estimate of drug-likeness (QED) is 0.477. The van der Waals surface area contributed by atoms with E-state index in [9.17, 15) is 4.79 Å². The van der Waals surface area contributed by atoms with Gasteiger partial charge in [-0.1, -0.05) is 43.3 Å². The number of carbonyl (C=O) groups is 1. The highest BCUT2D eigenvalue weighted by atomic mass is 32.2. The zero-order valence-electron chi connectivity index (χ0n) is 15.3. The molecule has 0 radical (unpaired) electrons. The second-order valence-corrected chi connectivity index (χ2v) is 7.76. The van der Waals surface area contributed by atoms with Gasteiger partial charge in [-0.3, -0.25) is 4.79 Å². The van der Waals surface area contributed by atoms with Crippen LogP contribution in [-0.2, 0) is 5.75 Å². The highest BCUT2D eigenvalue weighted by Crippen LogP contribution is 2.31. The molecule has 3 rings (SSSR count). The summed E-state index contributed by atoms with van der Waals surface area (Å²) in [4.78, 5) is 21.4. The van der Waals surface area contributed by atoms with E-state index < -0.39 is 0 Å². The summed E-state index contributed by atoms with van der Waals surface area (Å²) in [5.41, 5.74) is 1.32. The summed E-state index contributed by atoms with van der Waals surface area (Å²) >= 11 is 1.49. The molecule has 1 N–H and O–H groups in total. The van der Waals surface area contributed by atoms with E-state index in [0.29, 0.717) is 16.7 Å². The van der Waals surface area contributed by atoms with Gasteiger partial charge < -0.3 is 9.73 Å². The Kier molecular flexibility index (Phi) is 5.61. The van der Waals surface area contributed by atoms with Crippen LogP contribution in [0.2, 0.25) is 0 Å². The summed E-state index contributed by atoms with van der Waals surface area (Å²) in [5.74, 6) is 0.765. The third-order valence-electron chi connectivity index (χ3n) is 4.12. The molecule has 0 fully saturated rings. The fourth-order valence-electron chi connectivity index (χ4n) is 2.97. The molecule has 0 aliphatic rings. The highest BCUT2D eigenvalue weighted by molar-refractivity contribution is 7.98. The van der Waals surface area contributed by atoms with Crippen LogP contribution < -0.4 is 5.32 Å². The van der Waals surface area contributed by atoms with E-state index >= 15 is 0 Å². The first-order chi connectivity index (χ1) is 12.5. The number of hydrogen-bond acceptors (Lipinski definition) is 5. The van der Waals surface area contributed by atoms with E-state index in [-0.39, 0.29) is 11.4 Å². The zero-order valence-corrected chi connectivity index (χ0v) is 16.1. The molecule has 1 aromatic carbocycles. The van der Waals surface area contributed by atoms with Crippen LogP contribution in [0.1, 0.15) is 49.7 Å². The summed E-state index contributed by atoms with van der Waals surface area (Å²) in [5, 5.41) is 4.73. The molecule has 0 unspecified atom stereocenters. The van der Waals surface area contributed by atoms with Gasteiger partial charge >= 0.3 is 0 Å². The standard InChI is InChI=1S/C20H23N3O2S/c1-4-10-20(2,3)23-18(24)17-15(13-26-19-21-11-7-12-22-19)14-8-5-6-9-16(14)25-17/h5-9,11-12H,4,10,13H2,1-3H3,(H,23,24). The topological polar surface area (TPSA) is 68.0 Å². The predicted octanol–water partition coefficient (Wildman–Crippen LogP) is 4.82. The lowest BCUT2D eigenvalue weighted by Gasteiger charge is -2.25. The number of hydrogen-bond donors (Lipinski definition) is 1. The molecule has 0 aliphatic heterocycles. The predicted molar refractivity (Wildman–Crippen MR) is 104 cm³/mol. The number of fused-ring (bicyclic) bond motifs is 1. The molecule has 2 aromatic heterocycles. The van der Waals surface area contributed by atoms with Crippen molar-refractivity contribution in [1.82, 2.24) is 15.3 Å². The Morgan fingerprint density at radius 3 is 2.65 bits per heavy atom. The van der Waals surface area contributed by atoms with E-state index in [1.807, 2.05) is 38.1 Å². The number of nitrogens with zero attached hydrogens (tertiary/aromatic N) is 2. The van der Waals surface area contributed by atoms with E-state index in [4.69, 9.17) is 4.42 Å². The third-order valence-corrected chi connectivity index (χ3v) is 5.02. The van der Waals surface area contributed by atoms with Gasteiger partial charge in [0.1, 0.15) is 5.58 Å². The molecule has 1 amide bonds. The van der Waals surface area contributed by atoms with Gasteiger partial charge in [0.2, 0.25) is 0 Å². The summed E-state index contributed by atoms with van der Waals surface area (Å²) in [7, 11) is 0. The van der Waals surface area contributed by atoms with Crippen LogP contribution in [0.25, 0.3) is 11.0 Å². The van der Waals surface area contributed by atoms with Crippen LogP contribution in [0, 0.1) is 0 Å². The fraction of sp³-hybridized carbons (Fsp3) is 0.350. The van der Waals surface area contributed by atoms with E-state index in [1.165, 1.54) is 11.8 Å². The van der Waals surface area contributed by atoms with Crippen molar-refractivity contribution in [3.63, 3.8) is 0 Å². The van der Waals surface area contributed by atoms with Gasteiger partial charge in [-0.2, -0.15) is 0 Å². The van der Waals surface area contributed by atoms with Gasteiger partial charge in [-0.25, -0.2) is 9.97 Å². The molecule has 5 nitrogen and oxygen atoms in total. The first kappa shape index (κ1) is 18.5. The molecule has 0 saturated carbocycles. The summed E-state index contributed by atoms with van der Waals surface area (Å²) < 4.78 is 5.91. The summed E-state index contributed by atoms with van der Waals surface area (Å²) in [6.45, 7) is 6.17. The fourth-order valence-corrected chi connectivity index (χ4v) is 3.80. The van der Waals surface area contributed by atoms with Crippen molar-refractivity contribution in [3.8, 4) is 0 Å². The van der Waals surface area contributed by atoms with Crippen molar-refractivity contribution < 1.29 is 9.21 Å². The number of nitrogens with one attached hydrogen (secondary N) is 1. The van der Waals surface area contributed by atoms with Gasteiger partial charge in [0.25, 0.3) is 5.91 Å². The summed E-state index contributed by atoms with van der Waals surface area (Å²) in [6, 6.07) is 9.51. The number of aromatic nitrogens is 2. The first-order valence-electron chi connectivity index (χ1n) is 8.73. The Morgan fingerprint density at radius 2 is 1.92 bits per heavy atom. The smallest absolute Gasteiger partial charge is 0.287 e. The molecule has 2 heterocycles. The number of amides is 1. The lowest BCUT2D eigenvalue weighted by molar-refractivity contribution is 0.0881. The second-order valence-electron chi connectivity index (χ2n) is 6.81. The molecule has 6 heteroatoms. The Morgan fingerprint density at radius 1 is 1.19 bits per heavy atom. The van der Waals surface area contributed by atoms with Gasteiger partial charge in [0.05, 0.1) is 0 Å². The minimum Gasteiger partial charge on any atom is -0.451 e. The Bertz CT molecular complexity index is 890. The maximum atomic E-state index is 12.9. The lowest BCUT2D eigenvalue weighted by Crippen LogP contribution is -2.43. The molecular weight excluding hydrogens is 346 g/mol. The Labute approximate surface area is 157 Å². The lowest BCUT2D eigenvalue weighted by atomic mass is 9.98. The molecule has 0 spiro atoms. The van der Waals surface area contributed by atoms with Crippen molar-refractivity contribution in [2.24, 2.45) is 0 Å². The number of furan rings is 1. The van der Waals surface area contributed by atoms with Gasteiger partial charge in [0, 0.05) is 34.6 Å². The van der Waals surface area contributed by atoms with E-state index in [1.54, 1.807) is 18.5 Å². The number of rotatable bonds is 7. The number of benzene rings is 1. The van der Waals surface area contributed by atoms with Gasteiger partial charge in [-0.15, -0.1) is 0 Å². The summed E-state index contributed by atoms with van der Waals surface area (Å²) in [6.07, 6.45) is 5.33. The third kappa shape index (κ3) is 4.25. The van der Waals surface area contributed by atoms with Crippen LogP contribution >= 0.6 is 11.8 Å².